The zero-order chi connectivity index (χ0) is 53.8. The predicted octanol–water partition coefficient (Wildman–Crippen LogP) is 25.0. The zero-order valence-corrected chi connectivity index (χ0v) is 51.6. The first-order valence-electron chi connectivity index (χ1n) is 34.2. The van der Waals surface area contributed by atoms with Crippen molar-refractivity contribution in [1.82, 2.24) is 0 Å². The maximum absolute atomic E-state index is 13.0. The highest BCUT2D eigenvalue weighted by molar-refractivity contribution is 5.79. The van der Waals surface area contributed by atoms with Crippen molar-refractivity contribution in [2.45, 2.75) is 370 Å². The van der Waals surface area contributed by atoms with Crippen LogP contribution in [0.1, 0.15) is 375 Å². The first-order chi connectivity index (χ1) is 37.0. The molecule has 2 nitrogen and oxygen atoms in total. The van der Waals surface area contributed by atoms with Gasteiger partial charge in [0.1, 0.15) is 0 Å². The van der Waals surface area contributed by atoms with E-state index in [0.717, 1.165) is 43.5 Å². The van der Waals surface area contributed by atoms with Gasteiger partial charge in [-0.05, 0) is 148 Å². The molecule has 2 heteroatoms. The molecular weight excluding hydrogens is 905 g/mol. The van der Waals surface area contributed by atoms with Gasteiger partial charge in [-0.15, -0.1) is 0 Å². The highest BCUT2D eigenvalue weighted by Crippen LogP contribution is 2.41. The van der Waals surface area contributed by atoms with Crippen LogP contribution >= 0.6 is 0 Å². The van der Waals surface area contributed by atoms with Crippen LogP contribution in [0.4, 0.5) is 0 Å². The van der Waals surface area contributed by atoms with Crippen LogP contribution in [0.3, 0.4) is 0 Å². The molecule has 0 radical (unpaired) electrons. The van der Waals surface area contributed by atoms with Gasteiger partial charge in [-0.2, -0.15) is 0 Å². The molecule has 0 fully saturated rings. The molecule has 1 heterocycles. The minimum absolute atomic E-state index is 1.03. The molecule has 1 aliphatic heterocycles. The molecule has 0 saturated heterocycles. The van der Waals surface area contributed by atoms with Gasteiger partial charge in [-0.3, -0.25) is 0 Å². The van der Waals surface area contributed by atoms with Crippen molar-refractivity contribution in [2.24, 2.45) is 0 Å². The van der Waals surface area contributed by atoms with Crippen molar-refractivity contribution >= 4 is 11.4 Å². The summed E-state index contributed by atoms with van der Waals surface area (Å²) >= 11 is 0. The van der Waals surface area contributed by atoms with E-state index in [0.29, 0.717) is 0 Å². The van der Waals surface area contributed by atoms with E-state index >= 15 is 0 Å². The molecule has 0 spiro atoms. The Kier molecular flexibility index (Phi) is 40.4. The Hall–Kier alpha value is -2.48. The molecule has 1 aliphatic rings. The molecule has 0 amide bonds. The summed E-state index contributed by atoms with van der Waals surface area (Å²) in [4.78, 5) is 0. The van der Waals surface area contributed by atoms with Gasteiger partial charge in [-0.25, -0.2) is 4.70 Å². The van der Waals surface area contributed by atoms with Gasteiger partial charge in [0.25, 0.3) is 0 Å². The van der Waals surface area contributed by atoms with Crippen LogP contribution in [0.2, 0.25) is 0 Å². The number of rotatable bonds is 52. The minimum atomic E-state index is 1.03. The van der Waals surface area contributed by atoms with Gasteiger partial charge < -0.3 is 5.53 Å². The van der Waals surface area contributed by atoms with E-state index in [1.54, 1.807) is 38.1 Å². The summed E-state index contributed by atoms with van der Waals surface area (Å²) in [7, 11) is 0. The maximum Gasteiger partial charge on any atom is 0.210 e. The average Bonchev–Trinajstić information content (AvgIpc) is 3.75. The molecule has 0 bridgehead atoms. The van der Waals surface area contributed by atoms with Crippen LogP contribution in [0, 0.1) is 0 Å². The van der Waals surface area contributed by atoms with Gasteiger partial charge in [-0.1, -0.05) is 280 Å². The smallest absolute Gasteiger partial charge is 0.210 e. The molecule has 3 rings (SSSR count). The third-order valence-electron chi connectivity index (χ3n) is 17.3. The van der Waals surface area contributed by atoms with E-state index < -0.39 is 0 Å². The average molecular weight is 1030 g/mol. The number of aryl methyl sites for hydroxylation is 4. The first kappa shape index (κ1) is 66.8. The van der Waals surface area contributed by atoms with Crippen molar-refractivity contribution in [2.75, 3.05) is 0 Å². The van der Waals surface area contributed by atoms with Crippen molar-refractivity contribution in [3.8, 4) is 0 Å². The summed E-state index contributed by atoms with van der Waals surface area (Å²) in [5.41, 5.74) is 28.6. The molecule has 0 atom stereocenters. The number of hydrogen-bond acceptors (Lipinski definition) is 0. The van der Waals surface area contributed by atoms with Crippen LogP contribution < -0.4 is 0 Å². The second-order valence-electron chi connectivity index (χ2n) is 24.2. The Balaban J connectivity index is 1.95. The highest BCUT2D eigenvalue weighted by atomic mass is 15.2. The standard InChI is InChI=1S/C73H126N2/c1-8-15-22-29-30-31-32-33-34-35-36-37-38-39-40-41-42-43-48-55-67-62-72(68-58-63(51-44-23-16-9-2)70(56-49-27-20-13-6)64(59-68)52-45-24-17-10-3)75(74)73(67)69-60-65(53-46-25-18-11-4)71(57-50-28-21-14-7)66(61-69)54-47-26-19-12-5/h58-62H,8-57H2,1-7H3. The fraction of sp³-hybridized carbons (Fsp3) is 0.781. The van der Waals surface area contributed by atoms with Gasteiger partial charge in [0.15, 0.2) is 0 Å². The fourth-order valence-electron chi connectivity index (χ4n) is 12.5. The van der Waals surface area contributed by atoms with Crippen molar-refractivity contribution in [1.29, 1.82) is 0 Å². The highest BCUT2D eigenvalue weighted by Gasteiger charge is 2.31. The second kappa shape index (κ2) is 45.4. The number of allylic oxidation sites excluding steroid dienone is 2. The second-order valence-corrected chi connectivity index (χ2v) is 24.2. The SMILES string of the molecule is CCCCCCCCCCCCCCCCCCCCCC1=C(c2cc(CCCCCC)c(CCCCCC)c(CCCCCC)c2)[N+](=[N-])C(c2cc(CCCCCC)c(CCCCCC)c(CCCCCC)c2)=C1. The zero-order valence-electron chi connectivity index (χ0n) is 51.6. The quantitative estimate of drug-likeness (QED) is 0.0466. The molecule has 2 aromatic carbocycles. The molecular formula is C73H126N2. The van der Waals surface area contributed by atoms with E-state index in [2.05, 4.69) is 78.8 Å². The third kappa shape index (κ3) is 28.3. The van der Waals surface area contributed by atoms with E-state index in [9.17, 15) is 5.53 Å². The Bertz CT molecular complexity index is 1720. The molecule has 428 valence electrons. The lowest BCUT2D eigenvalue weighted by molar-refractivity contribution is -0.344. The molecule has 0 unspecified atom stereocenters. The van der Waals surface area contributed by atoms with E-state index in [-0.39, 0.29) is 0 Å². The Morgan fingerprint density at radius 1 is 0.267 bits per heavy atom. The largest absolute Gasteiger partial charge is 0.493 e. The summed E-state index contributed by atoms with van der Waals surface area (Å²) in [6, 6.07) is 10.3. The Labute approximate surface area is 469 Å². The van der Waals surface area contributed by atoms with E-state index in [1.165, 1.54) is 306 Å². The van der Waals surface area contributed by atoms with Crippen LogP contribution in [0.25, 0.3) is 16.9 Å². The Morgan fingerprint density at radius 3 is 0.787 bits per heavy atom. The van der Waals surface area contributed by atoms with Gasteiger partial charge in [0.05, 0.1) is 0 Å². The molecule has 2 aromatic rings. The first-order valence-corrected chi connectivity index (χ1v) is 34.2. The lowest BCUT2D eigenvalue weighted by Gasteiger charge is -2.20. The van der Waals surface area contributed by atoms with Crippen LogP contribution in [0.5, 0.6) is 0 Å². The number of benzene rings is 2. The maximum atomic E-state index is 13.0. The van der Waals surface area contributed by atoms with Crippen LogP contribution in [-0.4, -0.2) is 4.70 Å². The number of hydrogen-bond donors (Lipinski definition) is 0. The lowest BCUT2D eigenvalue weighted by Crippen LogP contribution is -2.09. The molecule has 0 aromatic heterocycles. The predicted molar refractivity (Wildman–Crippen MR) is 336 cm³/mol. The minimum Gasteiger partial charge on any atom is -0.493 e. The topological polar surface area (TPSA) is 25.3 Å². The third-order valence-corrected chi connectivity index (χ3v) is 17.3. The normalized spacial score (nSPS) is 12.8. The fourth-order valence-corrected chi connectivity index (χ4v) is 12.5. The molecule has 0 saturated carbocycles. The van der Waals surface area contributed by atoms with Crippen LogP contribution in [0.15, 0.2) is 35.9 Å². The summed E-state index contributed by atoms with van der Waals surface area (Å²) in [6.07, 6.45) is 68.4. The van der Waals surface area contributed by atoms with E-state index in [4.69, 9.17) is 0 Å². The number of unbranched alkanes of at least 4 members (excludes halogenated alkanes) is 36. The summed E-state index contributed by atoms with van der Waals surface area (Å²) in [5.74, 6) is 0. The molecule has 0 N–H and O–H groups in total. The summed E-state index contributed by atoms with van der Waals surface area (Å²) in [5, 5.41) is 0. The van der Waals surface area contributed by atoms with Crippen molar-refractivity contribution in [3.05, 3.63) is 86.0 Å². The van der Waals surface area contributed by atoms with Gasteiger partial charge in [0, 0.05) is 22.8 Å². The van der Waals surface area contributed by atoms with Gasteiger partial charge >= 0.3 is 0 Å². The monoisotopic (exact) mass is 1030 g/mol. The molecule has 0 aliphatic carbocycles. The molecule has 75 heavy (non-hydrogen) atoms. The number of nitrogens with zero attached hydrogens (tertiary/aromatic N) is 2. The Morgan fingerprint density at radius 2 is 0.493 bits per heavy atom. The van der Waals surface area contributed by atoms with Crippen molar-refractivity contribution in [3.63, 3.8) is 0 Å². The summed E-state index contributed by atoms with van der Waals surface area (Å²) in [6.45, 7) is 16.4. The van der Waals surface area contributed by atoms with Crippen molar-refractivity contribution < 1.29 is 4.70 Å². The summed E-state index contributed by atoms with van der Waals surface area (Å²) < 4.78 is 1.71. The van der Waals surface area contributed by atoms with Crippen LogP contribution in [-0.2, 0) is 38.5 Å². The lowest BCUT2D eigenvalue weighted by atomic mass is 9.87. The van der Waals surface area contributed by atoms with E-state index in [1.807, 2.05) is 0 Å². The van der Waals surface area contributed by atoms with Gasteiger partial charge in [0.2, 0.25) is 11.4 Å².